The smallest absolute Gasteiger partial charge is 0.255 e. The summed E-state index contributed by atoms with van der Waals surface area (Å²) in [7, 11) is 0. The number of hydrogen-bond acceptors (Lipinski definition) is 5. The van der Waals surface area contributed by atoms with Crippen molar-refractivity contribution in [2.45, 2.75) is 38.8 Å². The number of hydrogen-bond donors (Lipinski definition) is 1. The molecule has 0 spiro atoms. The highest BCUT2D eigenvalue weighted by molar-refractivity contribution is 5.97. The van der Waals surface area contributed by atoms with Crippen molar-refractivity contribution in [3.63, 3.8) is 0 Å². The summed E-state index contributed by atoms with van der Waals surface area (Å²) >= 11 is 0. The molecule has 1 aliphatic carbocycles. The predicted molar refractivity (Wildman–Crippen MR) is 84.1 cm³/mol. The van der Waals surface area contributed by atoms with Gasteiger partial charge in [-0.15, -0.1) is 0 Å². The van der Waals surface area contributed by atoms with Gasteiger partial charge in [0.15, 0.2) is 6.61 Å². The largest absolute Gasteiger partial charge is 0.485 e. The number of para-hydroxylation sites is 1. The lowest BCUT2D eigenvalue weighted by Gasteiger charge is -2.20. The van der Waals surface area contributed by atoms with Crippen molar-refractivity contribution in [1.29, 1.82) is 0 Å². The molecular weight excluding hydrogens is 294 g/mol. The number of benzene rings is 1. The molecule has 1 aliphatic rings. The average Bonchev–Trinajstić information content (AvgIpc) is 2.99. The van der Waals surface area contributed by atoms with Crippen molar-refractivity contribution in [3.05, 3.63) is 53.7 Å². The fraction of sp³-hybridized carbons (Fsp3) is 0.353. The van der Waals surface area contributed by atoms with Crippen molar-refractivity contribution in [1.82, 2.24) is 15.5 Å². The van der Waals surface area contributed by atoms with Crippen molar-refractivity contribution >= 4 is 5.91 Å². The van der Waals surface area contributed by atoms with Crippen molar-refractivity contribution in [2.75, 3.05) is 0 Å². The number of aromatic nitrogens is 2. The molecule has 1 amide bonds. The maximum absolute atomic E-state index is 12.5. The molecule has 6 nitrogen and oxygen atoms in total. The molecule has 0 fully saturated rings. The van der Waals surface area contributed by atoms with Gasteiger partial charge in [-0.2, -0.15) is 4.98 Å². The highest BCUT2D eigenvalue weighted by Gasteiger charge is 2.17. The zero-order valence-electron chi connectivity index (χ0n) is 13.0. The number of rotatable bonds is 5. The van der Waals surface area contributed by atoms with Crippen LogP contribution in [0, 0.1) is 6.92 Å². The third-order valence-corrected chi connectivity index (χ3v) is 3.66. The molecule has 2 aromatic rings. The Morgan fingerprint density at radius 1 is 1.39 bits per heavy atom. The van der Waals surface area contributed by atoms with Gasteiger partial charge in [0.05, 0.1) is 5.56 Å². The van der Waals surface area contributed by atoms with Gasteiger partial charge in [0.1, 0.15) is 5.75 Å². The van der Waals surface area contributed by atoms with E-state index in [0.29, 0.717) is 23.0 Å². The second-order valence-electron chi connectivity index (χ2n) is 5.47. The van der Waals surface area contributed by atoms with Gasteiger partial charge in [0, 0.05) is 13.0 Å². The summed E-state index contributed by atoms with van der Waals surface area (Å²) in [6, 6.07) is 7.35. The molecule has 1 atom stereocenters. The molecule has 0 bridgehead atoms. The summed E-state index contributed by atoms with van der Waals surface area (Å²) in [5.41, 5.74) is 0.516. The van der Waals surface area contributed by atoms with E-state index in [-0.39, 0.29) is 18.6 Å². The summed E-state index contributed by atoms with van der Waals surface area (Å²) in [6.07, 6.45) is 7.09. The molecular formula is C17H19N3O3. The first-order chi connectivity index (χ1) is 11.2. The Hall–Kier alpha value is -2.63. The normalized spacial score (nSPS) is 17.0. The van der Waals surface area contributed by atoms with Crippen LogP contribution >= 0.6 is 0 Å². The predicted octanol–water partition coefficient (Wildman–Crippen LogP) is 2.80. The van der Waals surface area contributed by atoms with E-state index < -0.39 is 0 Å². The molecule has 1 aromatic carbocycles. The Morgan fingerprint density at radius 2 is 2.26 bits per heavy atom. The Morgan fingerprint density at radius 3 is 3.00 bits per heavy atom. The van der Waals surface area contributed by atoms with Crippen LogP contribution < -0.4 is 10.1 Å². The molecule has 3 rings (SSSR count). The van der Waals surface area contributed by atoms with Crippen LogP contribution in [0.4, 0.5) is 0 Å². The number of aryl methyl sites for hydroxylation is 1. The number of nitrogens with one attached hydrogen (secondary N) is 1. The van der Waals surface area contributed by atoms with E-state index in [1.807, 2.05) is 12.1 Å². The van der Waals surface area contributed by atoms with Crippen molar-refractivity contribution in [2.24, 2.45) is 0 Å². The molecule has 6 heteroatoms. The van der Waals surface area contributed by atoms with Gasteiger partial charge in [-0.3, -0.25) is 4.79 Å². The molecule has 0 radical (unpaired) electrons. The number of allylic oxidation sites excluding steroid dienone is 1. The van der Waals surface area contributed by atoms with E-state index in [4.69, 9.17) is 9.26 Å². The van der Waals surface area contributed by atoms with Crippen LogP contribution in [-0.4, -0.2) is 22.1 Å². The highest BCUT2D eigenvalue weighted by atomic mass is 16.5. The van der Waals surface area contributed by atoms with E-state index in [2.05, 4.69) is 27.6 Å². The van der Waals surface area contributed by atoms with Crippen molar-refractivity contribution in [3.8, 4) is 5.75 Å². The van der Waals surface area contributed by atoms with E-state index in [1.165, 1.54) is 0 Å². The first kappa shape index (κ1) is 15.3. The minimum Gasteiger partial charge on any atom is -0.485 e. The van der Waals surface area contributed by atoms with Crippen LogP contribution in [0.5, 0.6) is 5.75 Å². The second-order valence-corrected chi connectivity index (χ2v) is 5.47. The lowest BCUT2D eigenvalue weighted by molar-refractivity contribution is 0.0930. The summed E-state index contributed by atoms with van der Waals surface area (Å²) in [5, 5.41) is 6.84. The monoisotopic (exact) mass is 313 g/mol. The zero-order valence-corrected chi connectivity index (χ0v) is 13.0. The topological polar surface area (TPSA) is 77.2 Å². The van der Waals surface area contributed by atoms with E-state index in [0.717, 1.165) is 19.3 Å². The fourth-order valence-corrected chi connectivity index (χ4v) is 2.51. The summed E-state index contributed by atoms with van der Waals surface area (Å²) in [5.74, 6) is 1.33. The van der Waals surface area contributed by atoms with Gasteiger partial charge in [0.25, 0.3) is 5.91 Å². The third kappa shape index (κ3) is 3.97. The number of amides is 1. The fourth-order valence-electron chi connectivity index (χ4n) is 2.51. The summed E-state index contributed by atoms with van der Waals surface area (Å²) in [4.78, 5) is 16.6. The minimum atomic E-state index is -0.120. The Bertz CT molecular complexity index is 709. The summed E-state index contributed by atoms with van der Waals surface area (Å²) in [6.45, 7) is 1.88. The minimum absolute atomic E-state index is 0.120. The maximum Gasteiger partial charge on any atom is 0.255 e. The van der Waals surface area contributed by atoms with E-state index in [1.54, 1.807) is 19.1 Å². The van der Waals surface area contributed by atoms with Crippen LogP contribution in [0.1, 0.15) is 41.3 Å². The van der Waals surface area contributed by atoms with Crippen LogP contribution in [0.25, 0.3) is 0 Å². The molecule has 0 unspecified atom stereocenters. The Labute approximate surface area is 134 Å². The number of carbonyl (C=O) groups is 1. The molecule has 1 heterocycles. The number of ether oxygens (including phenoxy) is 1. The molecule has 0 aliphatic heterocycles. The highest BCUT2D eigenvalue weighted by Crippen LogP contribution is 2.20. The van der Waals surface area contributed by atoms with Gasteiger partial charge in [-0.25, -0.2) is 0 Å². The van der Waals surface area contributed by atoms with Crippen LogP contribution in [0.15, 0.2) is 40.9 Å². The Balaban J connectivity index is 1.66. The van der Waals surface area contributed by atoms with Crippen LogP contribution in [0.2, 0.25) is 0 Å². The number of carbonyl (C=O) groups excluding carboxylic acids is 1. The third-order valence-electron chi connectivity index (χ3n) is 3.66. The summed E-state index contributed by atoms with van der Waals surface area (Å²) < 4.78 is 10.6. The van der Waals surface area contributed by atoms with Gasteiger partial charge in [0.2, 0.25) is 11.7 Å². The molecule has 1 N–H and O–H groups in total. The SMILES string of the molecule is Cc1nc(COc2ccccc2C(=O)N[C@@H]2CC=CCC2)no1. The standard InChI is InChI=1S/C17H19N3O3/c1-12-18-16(20-23-12)11-22-15-10-6-5-9-14(15)17(21)19-13-7-3-2-4-8-13/h2-3,5-6,9-10,13H,4,7-8,11H2,1H3,(H,19,21)/t13-/m1/s1. The molecule has 0 saturated heterocycles. The van der Waals surface area contributed by atoms with Crippen molar-refractivity contribution < 1.29 is 14.1 Å². The number of nitrogens with zero attached hydrogens (tertiary/aromatic N) is 2. The van der Waals surface area contributed by atoms with Gasteiger partial charge < -0.3 is 14.6 Å². The molecule has 1 aromatic heterocycles. The van der Waals surface area contributed by atoms with Crippen LogP contribution in [0.3, 0.4) is 0 Å². The lowest BCUT2D eigenvalue weighted by atomic mass is 10.0. The molecule has 0 saturated carbocycles. The van der Waals surface area contributed by atoms with Gasteiger partial charge >= 0.3 is 0 Å². The molecule has 120 valence electrons. The Kier molecular flexibility index (Phi) is 4.71. The van der Waals surface area contributed by atoms with Gasteiger partial charge in [-0.05, 0) is 31.4 Å². The van der Waals surface area contributed by atoms with Crippen LogP contribution in [-0.2, 0) is 6.61 Å². The average molecular weight is 313 g/mol. The van der Waals surface area contributed by atoms with E-state index in [9.17, 15) is 4.79 Å². The maximum atomic E-state index is 12.5. The quantitative estimate of drug-likeness (QED) is 0.859. The van der Waals surface area contributed by atoms with E-state index >= 15 is 0 Å². The van der Waals surface area contributed by atoms with Gasteiger partial charge in [-0.1, -0.05) is 29.4 Å². The zero-order chi connectivity index (χ0) is 16.1. The lowest BCUT2D eigenvalue weighted by Crippen LogP contribution is -2.35. The molecule has 23 heavy (non-hydrogen) atoms. The first-order valence-electron chi connectivity index (χ1n) is 7.69. The first-order valence-corrected chi connectivity index (χ1v) is 7.69. The second kappa shape index (κ2) is 7.09.